The number of hydrogen-bond acceptors (Lipinski definition) is 4. The molecule has 1 unspecified atom stereocenters. The van der Waals surface area contributed by atoms with E-state index in [0.717, 1.165) is 5.56 Å². The van der Waals surface area contributed by atoms with Gasteiger partial charge in [-0.25, -0.2) is 4.79 Å². The molecule has 1 aromatic heterocycles. The molecule has 0 aliphatic rings. The van der Waals surface area contributed by atoms with Crippen molar-refractivity contribution in [2.45, 2.75) is 19.9 Å². The van der Waals surface area contributed by atoms with Crippen molar-refractivity contribution in [2.24, 2.45) is 7.05 Å². The summed E-state index contributed by atoms with van der Waals surface area (Å²) >= 11 is 12.2. The van der Waals surface area contributed by atoms with Crippen LogP contribution in [0.25, 0.3) is 6.08 Å². The van der Waals surface area contributed by atoms with Gasteiger partial charge >= 0.3 is 5.97 Å². The predicted molar refractivity (Wildman–Crippen MR) is 101 cm³/mol. The van der Waals surface area contributed by atoms with Crippen LogP contribution in [0.5, 0.6) is 0 Å². The number of hydrogen-bond donors (Lipinski definition) is 1. The van der Waals surface area contributed by atoms with Crippen LogP contribution in [0, 0.1) is 6.92 Å². The first kappa shape index (κ1) is 20.0. The van der Waals surface area contributed by atoms with E-state index in [9.17, 15) is 9.59 Å². The molecule has 0 aliphatic carbocycles. The molecule has 0 saturated heterocycles. The lowest BCUT2D eigenvalue weighted by Gasteiger charge is -2.15. The van der Waals surface area contributed by atoms with Gasteiger partial charge in [0.05, 0.1) is 11.7 Å². The predicted octanol–water partition coefficient (Wildman–Crippen LogP) is 3.47. The molecule has 0 fully saturated rings. The van der Waals surface area contributed by atoms with Crippen LogP contribution < -0.4 is 5.32 Å². The van der Waals surface area contributed by atoms with Crippen molar-refractivity contribution in [1.82, 2.24) is 15.1 Å². The summed E-state index contributed by atoms with van der Waals surface area (Å²) in [5, 5.41) is 7.84. The van der Waals surface area contributed by atoms with Gasteiger partial charge < -0.3 is 10.1 Å². The Morgan fingerprint density at radius 1 is 1.35 bits per heavy atom. The van der Waals surface area contributed by atoms with Gasteiger partial charge in [0.2, 0.25) is 0 Å². The molecule has 0 bridgehead atoms. The smallest absolute Gasteiger partial charge is 0.331 e. The summed E-state index contributed by atoms with van der Waals surface area (Å²) in [6.07, 6.45) is 2.72. The van der Waals surface area contributed by atoms with Gasteiger partial charge in [-0.2, -0.15) is 5.10 Å². The van der Waals surface area contributed by atoms with Crippen LogP contribution in [-0.2, 0) is 21.4 Å². The maximum atomic E-state index is 11.9. The quantitative estimate of drug-likeness (QED) is 0.600. The molecule has 8 heteroatoms. The van der Waals surface area contributed by atoms with Crippen LogP contribution in [-0.4, -0.2) is 28.3 Å². The summed E-state index contributed by atoms with van der Waals surface area (Å²) in [7, 11) is 1.70. The van der Waals surface area contributed by atoms with Crippen molar-refractivity contribution in [3.8, 4) is 0 Å². The number of nitrogens with zero attached hydrogens (tertiary/aromatic N) is 2. The van der Waals surface area contributed by atoms with Gasteiger partial charge in [-0.05, 0) is 31.6 Å². The molecule has 1 aromatic carbocycles. The third kappa shape index (κ3) is 5.09. The van der Waals surface area contributed by atoms with E-state index in [0.29, 0.717) is 21.4 Å². The van der Waals surface area contributed by atoms with E-state index in [4.69, 9.17) is 27.9 Å². The minimum absolute atomic E-state index is 0.303. The van der Waals surface area contributed by atoms with Crippen molar-refractivity contribution in [3.63, 3.8) is 0 Å². The van der Waals surface area contributed by atoms with Crippen molar-refractivity contribution in [2.75, 3.05) is 6.61 Å². The van der Waals surface area contributed by atoms with Gasteiger partial charge in [0.15, 0.2) is 6.61 Å². The van der Waals surface area contributed by atoms with E-state index in [1.807, 2.05) is 18.2 Å². The third-order valence-corrected chi connectivity index (χ3v) is 4.47. The molecule has 1 amide bonds. The molecule has 2 rings (SSSR count). The highest BCUT2D eigenvalue weighted by Gasteiger charge is 2.13. The number of aryl methyl sites for hydroxylation is 2. The number of esters is 1. The van der Waals surface area contributed by atoms with Gasteiger partial charge in [0.1, 0.15) is 5.15 Å². The molecule has 2 aromatic rings. The SMILES string of the molecule is Cc1nn(C)c(Cl)c1C=CC(=O)OCC(=O)NC(C)c1ccccc1Cl. The fourth-order valence-electron chi connectivity index (χ4n) is 2.36. The van der Waals surface area contributed by atoms with Crippen molar-refractivity contribution >= 4 is 41.2 Å². The summed E-state index contributed by atoms with van der Waals surface area (Å²) in [6.45, 7) is 3.19. The minimum Gasteiger partial charge on any atom is -0.452 e. The standard InChI is InChI=1S/C18H19Cl2N3O3/c1-11(13-6-4-5-7-15(13)19)21-16(24)10-26-17(25)9-8-14-12(2)22-23(3)18(14)20/h4-9,11H,10H2,1-3H3,(H,21,24). The first-order chi connectivity index (χ1) is 12.3. The number of halogens is 2. The van der Waals surface area contributed by atoms with Crippen LogP contribution in [0.2, 0.25) is 10.2 Å². The number of carbonyl (C=O) groups excluding carboxylic acids is 2. The van der Waals surface area contributed by atoms with Crippen molar-refractivity contribution in [1.29, 1.82) is 0 Å². The van der Waals surface area contributed by atoms with Crippen LogP contribution in [0.15, 0.2) is 30.3 Å². The van der Waals surface area contributed by atoms with Gasteiger partial charge in [-0.3, -0.25) is 9.48 Å². The topological polar surface area (TPSA) is 73.2 Å². The monoisotopic (exact) mass is 395 g/mol. The molecular weight excluding hydrogens is 377 g/mol. The number of aromatic nitrogens is 2. The summed E-state index contributed by atoms with van der Waals surface area (Å²) in [4.78, 5) is 23.7. The highest BCUT2D eigenvalue weighted by Crippen LogP contribution is 2.22. The summed E-state index contributed by atoms with van der Waals surface area (Å²) < 4.78 is 6.44. The van der Waals surface area contributed by atoms with E-state index in [1.165, 1.54) is 16.8 Å². The molecule has 1 heterocycles. The lowest BCUT2D eigenvalue weighted by molar-refractivity contribution is -0.144. The molecule has 0 saturated carbocycles. The summed E-state index contributed by atoms with van der Waals surface area (Å²) in [6, 6.07) is 6.91. The molecule has 0 spiro atoms. The van der Waals surface area contributed by atoms with Gasteiger partial charge in [0.25, 0.3) is 5.91 Å². The largest absolute Gasteiger partial charge is 0.452 e. The van der Waals surface area contributed by atoms with Gasteiger partial charge in [-0.1, -0.05) is 41.4 Å². The van der Waals surface area contributed by atoms with Gasteiger partial charge in [-0.15, -0.1) is 0 Å². The fraction of sp³-hybridized carbons (Fsp3) is 0.278. The molecular formula is C18H19Cl2N3O3. The molecule has 1 atom stereocenters. The van der Waals surface area contributed by atoms with E-state index < -0.39 is 18.5 Å². The zero-order valence-corrected chi connectivity index (χ0v) is 16.1. The maximum absolute atomic E-state index is 11.9. The molecule has 138 valence electrons. The van der Waals surface area contributed by atoms with E-state index in [2.05, 4.69) is 10.4 Å². The van der Waals surface area contributed by atoms with E-state index in [-0.39, 0.29) is 6.04 Å². The van der Waals surface area contributed by atoms with Crippen LogP contribution in [0.3, 0.4) is 0 Å². The molecule has 0 radical (unpaired) electrons. The lowest BCUT2D eigenvalue weighted by Crippen LogP contribution is -2.31. The Balaban J connectivity index is 1.86. The minimum atomic E-state index is -0.648. The maximum Gasteiger partial charge on any atom is 0.331 e. The van der Waals surface area contributed by atoms with E-state index in [1.54, 1.807) is 27.0 Å². The van der Waals surface area contributed by atoms with Crippen molar-refractivity contribution in [3.05, 3.63) is 57.3 Å². The number of rotatable bonds is 6. The number of nitrogens with one attached hydrogen (secondary N) is 1. The second-order valence-corrected chi connectivity index (χ2v) is 6.43. The Hall–Kier alpha value is -2.31. The second-order valence-electron chi connectivity index (χ2n) is 5.67. The first-order valence-corrected chi connectivity index (χ1v) is 8.63. The van der Waals surface area contributed by atoms with Crippen molar-refractivity contribution < 1.29 is 14.3 Å². The first-order valence-electron chi connectivity index (χ1n) is 7.87. The van der Waals surface area contributed by atoms with Crippen LogP contribution in [0.4, 0.5) is 0 Å². The van der Waals surface area contributed by atoms with Crippen LogP contribution in [0.1, 0.15) is 29.8 Å². The summed E-state index contributed by atoms with van der Waals surface area (Å²) in [5.41, 5.74) is 2.10. The zero-order valence-electron chi connectivity index (χ0n) is 14.6. The Kier molecular flexibility index (Phi) is 6.83. The van der Waals surface area contributed by atoms with Crippen LogP contribution >= 0.6 is 23.2 Å². The molecule has 1 N–H and O–H groups in total. The Bertz CT molecular complexity index is 846. The number of ether oxygens (including phenoxy) is 1. The number of benzene rings is 1. The lowest BCUT2D eigenvalue weighted by atomic mass is 10.1. The Labute approximate surface area is 161 Å². The van der Waals surface area contributed by atoms with Gasteiger partial charge in [0, 0.05) is 23.7 Å². The zero-order chi connectivity index (χ0) is 19.3. The Morgan fingerprint density at radius 3 is 2.65 bits per heavy atom. The summed E-state index contributed by atoms with van der Waals surface area (Å²) in [5.74, 6) is -1.07. The Morgan fingerprint density at radius 2 is 2.04 bits per heavy atom. The third-order valence-electron chi connectivity index (χ3n) is 3.68. The second kappa shape index (κ2) is 8.87. The highest BCUT2D eigenvalue weighted by molar-refractivity contribution is 6.31. The molecule has 26 heavy (non-hydrogen) atoms. The average Bonchev–Trinajstić information content (AvgIpc) is 2.83. The van der Waals surface area contributed by atoms with E-state index >= 15 is 0 Å². The average molecular weight is 396 g/mol. The normalized spacial score (nSPS) is 12.2. The number of amides is 1. The molecule has 0 aliphatic heterocycles. The fourth-order valence-corrected chi connectivity index (χ4v) is 2.90. The highest BCUT2D eigenvalue weighted by atomic mass is 35.5. The number of carbonyl (C=O) groups is 2. The molecule has 6 nitrogen and oxygen atoms in total.